The number of aliphatic imine (C=N–C) groups is 1. The van der Waals surface area contributed by atoms with Gasteiger partial charge in [-0.05, 0) is 42.8 Å². The van der Waals surface area contributed by atoms with Gasteiger partial charge in [-0.3, -0.25) is 4.90 Å². The summed E-state index contributed by atoms with van der Waals surface area (Å²) in [7, 11) is 0. The molecule has 0 atom stereocenters. The van der Waals surface area contributed by atoms with E-state index in [4.69, 9.17) is 32.9 Å². The number of para-hydroxylation sites is 1. The zero-order valence-corrected chi connectivity index (χ0v) is 21.2. The summed E-state index contributed by atoms with van der Waals surface area (Å²) < 4.78 is 7.99. The van der Waals surface area contributed by atoms with E-state index in [-0.39, 0.29) is 12.7 Å². The highest BCUT2D eigenvalue weighted by Gasteiger charge is 2.29. The van der Waals surface area contributed by atoms with Crippen LogP contribution in [0.1, 0.15) is 11.3 Å². The number of hydrogen-bond donors (Lipinski definition) is 1. The minimum absolute atomic E-state index is 0.0866. The van der Waals surface area contributed by atoms with Crippen LogP contribution in [0.2, 0.25) is 10.0 Å². The average Bonchev–Trinajstić information content (AvgIpc) is 3.21. The Morgan fingerprint density at radius 1 is 1.14 bits per heavy atom. The van der Waals surface area contributed by atoms with Gasteiger partial charge >= 0.3 is 6.03 Å². The molecule has 2 amide bonds. The normalized spacial score (nSPS) is 14.4. The molecule has 1 aliphatic heterocycles. The number of carbonyl (C=O) groups excluding carboxylic acids is 1. The number of ether oxygens (including phenoxy) is 1. The number of likely N-dealkylation sites (tertiary alicyclic amines) is 1. The van der Waals surface area contributed by atoms with Crippen LogP contribution in [0.25, 0.3) is 16.9 Å². The van der Waals surface area contributed by atoms with Gasteiger partial charge in [-0.2, -0.15) is 0 Å². The third kappa shape index (κ3) is 5.44. The Bertz CT molecular complexity index is 1390. The summed E-state index contributed by atoms with van der Waals surface area (Å²) in [4.78, 5) is 23.2. The molecular weight excluding hydrogens is 497 g/mol. The van der Waals surface area contributed by atoms with Gasteiger partial charge in [-0.15, -0.1) is 0 Å². The standard InChI is InChI=1S/C27H25Cl2N5O2/c1-18-5-4-6-22(29)25(18)32-27(35)30-12-14-36-21-15-33(16-21)17-23-26(19-8-10-20(28)11-9-19)31-24-7-2-3-13-34(23)24/h2-13,21H,14-17H2,1H3,(H,32,35)/b30-12-. The molecule has 0 radical (unpaired) electrons. The predicted molar refractivity (Wildman–Crippen MR) is 144 cm³/mol. The molecule has 1 saturated heterocycles. The lowest BCUT2D eigenvalue weighted by Gasteiger charge is -2.38. The monoisotopic (exact) mass is 521 g/mol. The second-order valence-electron chi connectivity index (χ2n) is 8.67. The average molecular weight is 522 g/mol. The highest BCUT2D eigenvalue weighted by Crippen LogP contribution is 2.28. The Balaban J connectivity index is 1.15. The Labute approximate surface area is 219 Å². The molecule has 1 fully saturated rings. The molecule has 0 aliphatic carbocycles. The van der Waals surface area contributed by atoms with Crippen LogP contribution in [0.15, 0.2) is 71.9 Å². The van der Waals surface area contributed by atoms with Crippen molar-refractivity contribution in [3.63, 3.8) is 0 Å². The number of rotatable bonds is 7. The molecule has 0 bridgehead atoms. The maximum atomic E-state index is 12.1. The summed E-state index contributed by atoms with van der Waals surface area (Å²) in [6, 6.07) is 18.7. The summed E-state index contributed by atoms with van der Waals surface area (Å²) >= 11 is 12.2. The maximum Gasteiger partial charge on any atom is 0.345 e. The Morgan fingerprint density at radius 3 is 2.72 bits per heavy atom. The van der Waals surface area contributed by atoms with Crippen LogP contribution in [0, 0.1) is 6.92 Å². The third-order valence-corrected chi connectivity index (χ3v) is 6.68. The van der Waals surface area contributed by atoms with E-state index in [1.54, 1.807) is 6.07 Å². The molecule has 2 aromatic heterocycles. The first-order valence-corrected chi connectivity index (χ1v) is 12.4. The summed E-state index contributed by atoms with van der Waals surface area (Å²) in [6.07, 6.45) is 3.60. The molecule has 36 heavy (non-hydrogen) atoms. The summed E-state index contributed by atoms with van der Waals surface area (Å²) in [5, 5.41) is 3.90. The van der Waals surface area contributed by atoms with Crippen molar-refractivity contribution in [1.29, 1.82) is 0 Å². The molecule has 2 aromatic carbocycles. The van der Waals surface area contributed by atoms with Crippen molar-refractivity contribution in [1.82, 2.24) is 14.3 Å². The van der Waals surface area contributed by atoms with Gasteiger partial charge in [0.15, 0.2) is 0 Å². The van der Waals surface area contributed by atoms with E-state index >= 15 is 0 Å². The largest absolute Gasteiger partial charge is 0.370 e. The first kappa shape index (κ1) is 24.5. The molecule has 9 heteroatoms. The highest BCUT2D eigenvalue weighted by atomic mass is 35.5. The van der Waals surface area contributed by atoms with E-state index in [2.05, 4.69) is 19.6 Å². The van der Waals surface area contributed by atoms with Crippen molar-refractivity contribution < 1.29 is 9.53 Å². The molecule has 184 valence electrons. The van der Waals surface area contributed by atoms with E-state index in [0.29, 0.717) is 15.7 Å². The van der Waals surface area contributed by atoms with Crippen LogP contribution in [-0.4, -0.2) is 52.3 Å². The Hall–Kier alpha value is -3.23. The first-order chi connectivity index (χ1) is 17.5. The van der Waals surface area contributed by atoms with Gasteiger partial charge in [0.25, 0.3) is 0 Å². The number of nitrogens with one attached hydrogen (secondary N) is 1. The van der Waals surface area contributed by atoms with Crippen molar-refractivity contribution in [3.8, 4) is 11.3 Å². The number of urea groups is 1. The molecule has 0 spiro atoms. The number of nitrogens with zero attached hydrogens (tertiary/aromatic N) is 4. The quantitative estimate of drug-likeness (QED) is 0.297. The van der Waals surface area contributed by atoms with Crippen LogP contribution in [0.4, 0.5) is 10.5 Å². The van der Waals surface area contributed by atoms with E-state index in [9.17, 15) is 4.79 Å². The lowest BCUT2D eigenvalue weighted by Crippen LogP contribution is -2.51. The highest BCUT2D eigenvalue weighted by molar-refractivity contribution is 6.34. The van der Waals surface area contributed by atoms with Crippen LogP contribution >= 0.6 is 23.2 Å². The van der Waals surface area contributed by atoms with Gasteiger partial charge < -0.3 is 14.5 Å². The zero-order valence-electron chi connectivity index (χ0n) is 19.7. The molecular formula is C27H25Cl2N5O2. The minimum atomic E-state index is -0.479. The van der Waals surface area contributed by atoms with Crippen molar-refractivity contribution in [2.75, 3.05) is 25.0 Å². The molecule has 0 saturated carbocycles. The number of carbonyl (C=O) groups is 1. The van der Waals surface area contributed by atoms with E-state index < -0.39 is 6.03 Å². The number of anilines is 1. The van der Waals surface area contributed by atoms with E-state index in [0.717, 1.165) is 47.8 Å². The topological polar surface area (TPSA) is 71.2 Å². The summed E-state index contributed by atoms with van der Waals surface area (Å²) in [5.74, 6) is 0. The van der Waals surface area contributed by atoms with Crippen LogP contribution in [0.3, 0.4) is 0 Å². The van der Waals surface area contributed by atoms with Crippen LogP contribution in [0.5, 0.6) is 0 Å². The van der Waals surface area contributed by atoms with Gasteiger partial charge in [0.2, 0.25) is 0 Å². The second-order valence-corrected chi connectivity index (χ2v) is 9.51. The molecule has 1 aliphatic rings. The van der Waals surface area contributed by atoms with E-state index in [1.807, 2.05) is 67.7 Å². The molecule has 3 heterocycles. The van der Waals surface area contributed by atoms with Gasteiger partial charge in [0.1, 0.15) is 5.65 Å². The lowest BCUT2D eigenvalue weighted by molar-refractivity contribution is -0.0434. The number of halogens is 2. The lowest BCUT2D eigenvalue weighted by atomic mass is 10.1. The maximum absolute atomic E-state index is 12.1. The third-order valence-electron chi connectivity index (χ3n) is 6.11. The molecule has 0 unspecified atom stereocenters. The molecule has 4 aromatic rings. The van der Waals surface area contributed by atoms with Gasteiger partial charge in [-0.1, -0.05) is 53.5 Å². The van der Waals surface area contributed by atoms with Crippen molar-refractivity contribution in [3.05, 3.63) is 88.2 Å². The van der Waals surface area contributed by atoms with Gasteiger partial charge in [0, 0.05) is 42.6 Å². The fourth-order valence-corrected chi connectivity index (χ4v) is 4.63. The fraction of sp³-hybridized carbons (Fsp3) is 0.222. The number of imidazole rings is 1. The number of amides is 2. The SMILES string of the molecule is Cc1cccc(Cl)c1NC(=O)/N=C\COC1CN(Cc2c(-c3ccc(Cl)cc3)nc3ccccn23)C1. The Morgan fingerprint density at radius 2 is 1.94 bits per heavy atom. The number of benzene rings is 2. The van der Waals surface area contributed by atoms with Gasteiger partial charge in [-0.25, -0.2) is 14.8 Å². The van der Waals surface area contributed by atoms with E-state index in [1.165, 1.54) is 6.21 Å². The minimum Gasteiger partial charge on any atom is -0.370 e. The predicted octanol–water partition coefficient (Wildman–Crippen LogP) is 6.12. The van der Waals surface area contributed by atoms with Crippen molar-refractivity contribution in [2.45, 2.75) is 19.6 Å². The number of aromatic nitrogens is 2. The van der Waals surface area contributed by atoms with Crippen molar-refractivity contribution in [2.24, 2.45) is 4.99 Å². The Kier molecular flexibility index (Phi) is 7.34. The van der Waals surface area contributed by atoms with Gasteiger partial charge in [0.05, 0.1) is 34.8 Å². The number of hydrogen-bond acceptors (Lipinski definition) is 4. The van der Waals surface area contributed by atoms with Crippen LogP contribution < -0.4 is 5.32 Å². The smallest absolute Gasteiger partial charge is 0.345 e. The first-order valence-electron chi connectivity index (χ1n) is 11.6. The number of fused-ring (bicyclic) bond motifs is 1. The van der Waals surface area contributed by atoms with Crippen molar-refractivity contribution >= 4 is 46.8 Å². The second kappa shape index (κ2) is 10.8. The molecule has 5 rings (SSSR count). The number of pyridine rings is 1. The number of aryl methyl sites for hydroxylation is 1. The summed E-state index contributed by atoms with van der Waals surface area (Å²) in [5.41, 5.74) is 5.47. The fourth-order valence-electron chi connectivity index (χ4n) is 4.23. The molecule has 7 nitrogen and oxygen atoms in total. The summed E-state index contributed by atoms with van der Waals surface area (Å²) in [6.45, 7) is 4.47. The zero-order chi connectivity index (χ0) is 25.1. The molecule has 1 N–H and O–H groups in total. The van der Waals surface area contributed by atoms with Crippen LogP contribution in [-0.2, 0) is 11.3 Å².